The third-order valence-electron chi connectivity index (χ3n) is 6.28. The molecule has 0 spiro atoms. The maximum absolute atomic E-state index is 12.5. The number of hydrogen-bond donors (Lipinski definition) is 2. The van der Waals surface area contributed by atoms with Gasteiger partial charge in [0.1, 0.15) is 12.1 Å². The molecule has 1 aromatic carbocycles. The number of carboxylic acids is 1. The topological polar surface area (TPSA) is 150 Å². The van der Waals surface area contributed by atoms with Crippen LogP contribution in [0.1, 0.15) is 49.7 Å². The molecule has 35 heavy (non-hydrogen) atoms. The van der Waals surface area contributed by atoms with Crippen molar-refractivity contribution in [1.29, 1.82) is 0 Å². The Morgan fingerprint density at radius 2 is 1.83 bits per heavy atom. The molecular weight excluding hydrogens is 478 g/mol. The number of benzene rings is 1. The van der Waals surface area contributed by atoms with Crippen molar-refractivity contribution in [2.75, 3.05) is 26.2 Å². The number of quaternary nitrogens is 1. The normalized spacial score (nSPS) is 18.9. The average molecular weight is 510 g/mol. The largest absolute Gasteiger partial charge is 0.547 e. The number of urea groups is 1. The first kappa shape index (κ1) is 26.6. The summed E-state index contributed by atoms with van der Waals surface area (Å²) in [4.78, 5) is 26.9. The van der Waals surface area contributed by atoms with Crippen molar-refractivity contribution in [3.63, 3.8) is 0 Å². The second kappa shape index (κ2) is 11.2. The Labute approximate surface area is 204 Å². The lowest BCUT2D eigenvalue weighted by Gasteiger charge is -2.32. The second-order valence-corrected chi connectivity index (χ2v) is 9.26. The number of amides is 2. The van der Waals surface area contributed by atoms with Gasteiger partial charge in [0.2, 0.25) is 0 Å². The summed E-state index contributed by atoms with van der Waals surface area (Å²) in [5, 5.41) is 16.5. The van der Waals surface area contributed by atoms with E-state index in [9.17, 15) is 23.1 Å². The highest BCUT2D eigenvalue weighted by Gasteiger charge is 2.52. The van der Waals surface area contributed by atoms with E-state index >= 15 is 0 Å². The average Bonchev–Trinajstić information content (AvgIpc) is 3.35. The van der Waals surface area contributed by atoms with Crippen LogP contribution in [0.15, 0.2) is 36.5 Å². The monoisotopic (exact) mass is 509 g/mol. The summed E-state index contributed by atoms with van der Waals surface area (Å²) < 4.78 is 36.9. The minimum atomic E-state index is -4.97. The van der Waals surface area contributed by atoms with Crippen molar-refractivity contribution in [2.45, 2.75) is 45.8 Å². The molecule has 0 unspecified atom stereocenters. The van der Waals surface area contributed by atoms with Gasteiger partial charge in [0.25, 0.3) is 0 Å². The van der Waals surface area contributed by atoms with E-state index in [-0.39, 0.29) is 12.2 Å². The molecule has 2 atom stereocenters. The van der Waals surface area contributed by atoms with E-state index in [0.29, 0.717) is 23.6 Å². The summed E-state index contributed by atoms with van der Waals surface area (Å²) in [7, 11) is -4.97. The van der Waals surface area contributed by atoms with Gasteiger partial charge in [-0.05, 0) is 32.8 Å². The van der Waals surface area contributed by atoms with Crippen LogP contribution in [-0.4, -0.2) is 70.9 Å². The molecule has 2 amide bonds. The molecule has 2 bridgehead atoms. The smallest absolute Gasteiger partial charge is 0.418 e. The van der Waals surface area contributed by atoms with Gasteiger partial charge < -0.3 is 19.7 Å². The third-order valence-corrected chi connectivity index (χ3v) is 6.63. The zero-order valence-electron chi connectivity index (χ0n) is 20.0. The van der Waals surface area contributed by atoms with Crippen molar-refractivity contribution in [3.8, 4) is 0 Å². The Morgan fingerprint density at radius 3 is 2.34 bits per heavy atom. The van der Waals surface area contributed by atoms with Gasteiger partial charge >= 0.3 is 16.4 Å². The molecule has 1 aromatic heterocycles. The number of aliphatic carboxylic acids is 1. The van der Waals surface area contributed by atoms with E-state index in [1.54, 1.807) is 4.90 Å². The number of carbonyl (C=O) groups is 2. The molecule has 2 aromatic rings. The predicted molar refractivity (Wildman–Crippen MR) is 122 cm³/mol. The SMILES string of the molecule is CC[NH+](CC)CC.O=C([O-])[C@@H]1c2c(cnn2CCc2ccccc2)[C@H]2CN1C(=O)N2OS(=O)(=O)O. The van der Waals surface area contributed by atoms with Crippen LogP contribution < -0.4 is 10.0 Å². The first-order chi connectivity index (χ1) is 16.6. The molecule has 4 rings (SSSR count). The molecule has 0 saturated carbocycles. The molecule has 2 aliphatic heterocycles. The summed E-state index contributed by atoms with van der Waals surface area (Å²) in [6.45, 7) is 10.7. The predicted octanol–water partition coefficient (Wildman–Crippen LogP) is -0.625. The molecule has 0 radical (unpaired) electrons. The number of aryl methyl sites for hydroxylation is 2. The molecule has 13 heteroatoms. The molecule has 1 saturated heterocycles. The number of carboxylic acid groups (broad SMARTS) is 1. The van der Waals surface area contributed by atoms with E-state index in [1.165, 1.54) is 30.5 Å². The van der Waals surface area contributed by atoms with Crippen LogP contribution >= 0.6 is 0 Å². The van der Waals surface area contributed by atoms with E-state index in [0.717, 1.165) is 10.5 Å². The lowest BCUT2D eigenvalue weighted by molar-refractivity contribution is -0.894. The Balaban J connectivity index is 0.000000429. The van der Waals surface area contributed by atoms with Crippen LogP contribution in [0.2, 0.25) is 0 Å². The van der Waals surface area contributed by atoms with E-state index in [2.05, 4.69) is 30.2 Å². The maximum atomic E-state index is 12.5. The number of aromatic nitrogens is 2. The fourth-order valence-electron chi connectivity index (χ4n) is 4.38. The van der Waals surface area contributed by atoms with Gasteiger partial charge in [0.05, 0.1) is 44.0 Å². The summed E-state index contributed by atoms with van der Waals surface area (Å²) >= 11 is 0. The van der Waals surface area contributed by atoms with Crippen molar-refractivity contribution < 1.29 is 36.8 Å². The van der Waals surface area contributed by atoms with Gasteiger partial charge in [0.15, 0.2) is 0 Å². The summed E-state index contributed by atoms with van der Waals surface area (Å²) in [6.07, 6.45) is 1.94. The highest BCUT2D eigenvalue weighted by Crippen LogP contribution is 2.44. The standard InChI is InChI=1S/C16H16N4O7S.C6H15N/c21-15(22)14-13-11(8-17-19(13)7-6-10-4-2-1-3-5-10)12-9-18(14)16(23)20(12)27-28(24,25)26;1-4-7(5-2)6-3/h1-5,8,12,14H,6-7,9H2,(H,21,22)(H,24,25,26);4-6H2,1-3H3/t12-,14+;/m1./s1. The zero-order valence-corrected chi connectivity index (χ0v) is 20.8. The summed E-state index contributed by atoms with van der Waals surface area (Å²) in [5.41, 5.74) is 1.57. The minimum absolute atomic E-state index is 0.135. The van der Waals surface area contributed by atoms with Gasteiger partial charge in [0, 0.05) is 12.1 Å². The molecule has 12 nitrogen and oxygen atoms in total. The summed E-state index contributed by atoms with van der Waals surface area (Å²) in [6, 6.07) is 6.11. The number of carbonyl (C=O) groups excluding carboxylic acids is 2. The Morgan fingerprint density at radius 1 is 1.20 bits per heavy atom. The number of rotatable bonds is 9. The van der Waals surface area contributed by atoms with Gasteiger partial charge in [-0.15, -0.1) is 4.28 Å². The van der Waals surface area contributed by atoms with Gasteiger partial charge in [-0.2, -0.15) is 18.6 Å². The number of fused-ring (bicyclic) bond motifs is 4. The Bertz CT molecular complexity index is 1130. The molecule has 0 aliphatic carbocycles. The number of nitrogens with zero attached hydrogens (tertiary/aromatic N) is 4. The first-order valence-electron chi connectivity index (χ1n) is 11.5. The lowest BCUT2D eigenvalue weighted by Crippen LogP contribution is -3.11. The highest BCUT2D eigenvalue weighted by atomic mass is 32.3. The quantitative estimate of drug-likeness (QED) is 0.425. The van der Waals surface area contributed by atoms with Crippen molar-refractivity contribution in [2.24, 2.45) is 0 Å². The molecule has 2 N–H and O–H groups in total. The van der Waals surface area contributed by atoms with Crippen LogP contribution in [0.5, 0.6) is 0 Å². The fraction of sp³-hybridized carbons (Fsp3) is 0.500. The number of hydrogen-bond acceptors (Lipinski definition) is 7. The van der Waals surface area contributed by atoms with Gasteiger partial charge in [-0.25, -0.2) is 4.79 Å². The Kier molecular flexibility index (Phi) is 8.48. The van der Waals surface area contributed by atoms with E-state index in [4.69, 9.17) is 4.55 Å². The molecule has 2 aliphatic rings. The van der Waals surface area contributed by atoms with Gasteiger partial charge in [-0.1, -0.05) is 30.3 Å². The third kappa shape index (κ3) is 5.99. The van der Waals surface area contributed by atoms with Crippen LogP contribution in [0.25, 0.3) is 0 Å². The van der Waals surface area contributed by atoms with E-state index in [1.807, 2.05) is 30.3 Å². The first-order valence-corrected chi connectivity index (χ1v) is 12.9. The number of nitrogens with one attached hydrogen (secondary N) is 1. The van der Waals surface area contributed by atoms with Crippen LogP contribution in [0, 0.1) is 0 Å². The second-order valence-electron chi connectivity index (χ2n) is 8.25. The van der Waals surface area contributed by atoms with Crippen molar-refractivity contribution in [3.05, 3.63) is 53.3 Å². The van der Waals surface area contributed by atoms with Crippen LogP contribution in [-0.2, 0) is 32.4 Å². The molecule has 3 heterocycles. The highest BCUT2D eigenvalue weighted by molar-refractivity contribution is 7.80. The molecular formula is C22H31N5O7S. The van der Waals surface area contributed by atoms with Crippen molar-refractivity contribution in [1.82, 2.24) is 19.7 Å². The lowest BCUT2D eigenvalue weighted by atomic mass is 9.98. The summed E-state index contributed by atoms with van der Waals surface area (Å²) in [5.74, 6) is -1.52. The van der Waals surface area contributed by atoms with E-state index < -0.39 is 34.5 Å². The minimum Gasteiger partial charge on any atom is -0.547 e. The van der Waals surface area contributed by atoms with Crippen molar-refractivity contribution >= 4 is 22.4 Å². The van der Waals surface area contributed by atoms with Gasteiger partial charge in [-0.3, -0.25) is 9.23 Å². The van der Waals surface area contributed by atoms with Crippen LogP contribution in [0.4, 0.5) is 4.79 Å². The maximum Gasteiger partial charge on any atom is 0.418 e. The number of hydroxylamine groups is 2. The molecule has 192 valence electrons. The molecule has 1 fully saturated rings. The Hall–Kier alpha value is -3.00. The fourth-order valence-corrected chi connectivity index (χ4v) is 4.75. The zero-order chi connectivity index (χ0) is 25.8. The van der Waals surface area contributed by atoms with Crippen LogP contribution in [0.3, 0.4) is 0 Å².